The Hall–Kier alpha value is -3.94. The van der Waals surface area contributed by atoms with Crippen LogP contribution in [0.4, 0.5) is 15.9 Å². The molecule has 2 aromatic carbocycles. The van der Waals surface area contributed by atoms with Crippen molar-refractivity contribution in [1.29, 1.82) is 0 Å². The SMILES string of the molecule is CCOC(=O)C1CCN(c2nc(-c3ccccc3)ccc2C(=O)N2CCN(c3ccc(F)cc3)CC2)CC1. The fourth-order valence-electron chi connectivity index (χ4n) is 5.20. The fourth-order valence-corrected chi connectivity index (χ4v) is 5.20. The smallest absolute Gasteiger partial charge is 0.309 e. The lowest BCUT2D eigenvalue weighted by atomic mass is 9.96. The van der Waals surface area contributed by atoms with Crippen LogP contribution in [0.5, 0.6) is 0 Å². The van der Waals surface area contributed by atoms with Crippen LogP contribution in [0.1, 0.15) is 30.1 Å². The largest absolute Gasteiger partial charge is 0.466 e. The van der Waals surface area contributed by atoms with Crippen LogP contribution in [0, 0.1) is 11.7 Å². The maximum absolute atomic E-state index is 13.8. The molecule has 3 heterocycles. The number of ether oxygens (including phenoxy) is 1. The van der Waals surface area contributed by atoms with E-state index >= 15 is 0 Å². The first kappa shape index (κ1) is 25.7. The van der Waals surface area contributed by atoms with Gasteiger partial charge >= 0.3 is 5.97 Å². The molecule has 0 atom stereocenters. The van der Waals surface area contributed by atoms with Crippen LogP contribution in [-0.2, 0) is 9.53 Å². The van der Waals surface area contributed by atoms with E-state index in [4.69, 9.17) is 9.72 Å². The predicted octanol–water partition coefficient (Wildman–Crippen LogP) is 4.63. The molecule has 0 spiro atoms. The van der Waals surface area contributed by atoms with Gasteiger partial charge in [0.1, 0.15) is 11.6 Å². The van der Waals surface area contributed by atoms with Gasteiger partial charge in [-0.15, -0.1) is 0 Å². The highest BCUT2D eigenvalue weighted by Gasteiger charge is 2.31. The van der Waals surface area contributed by atoms with Crippen LogP contribution in [0.25, 0.3) is 11.3 Å². The molecule has 0 radical (unpaired) electrons. The zero-order valence-corrected chi connectivity index (χ0v) is 21.7. The first-order valence-corrected chi connectivity index (χ1v) is 13.3. The van der Waals surface area contributed by atoms with Crippen molar-refractivity contribution in [3.8, 4) is 11.3 Å². The molecule has 2 fully saturated rings. The second kappa shape index (κ2) is 11.6. The number of piperidine rings is 1. The average Bonchev–Trinajstić information content (AvgIpc) is 2.98. The number of piperazine rings is 1. The van der Waals surface area contributed by atoms with Gasteiger partial charge in [0.2, 0.25) is 0 Å². The quantitative estimate of drug-likeness (QED) is 0.445. The van der Waals surface area contributed by atoms with Gasteiger partial charge < -0.3 is 19.4 Å². The van der Waals surface area contributed by atoms with Gasteiger partial charge in [-0.1, -0.05) is 30.3 Å². The van der Waals surface area contributed by atoms with Crippen molar-refractivity contribution >= 4 is 23.4 Å². The highest BCUT2D eigenvalue weighted by molar-refractivity contribution is 5.99. The Morgan fingerprint density at radius 1 is 0.868 bits per heavy atom. The molecule has 1 aromatic heterocycles. The van der Waals surface area contributed by atoms with Crippen LogP contribution < -0.4 is 9.80 Å². The number of carbonyl (C=O) groups excluding carboxylic acids is 2. The summed E-state index contributed by atoms with van der Waals surface area (Å²) in [6.07, 6.45) is 1.33. The number of amides is 1. The van der Waals surface area contributed by atoms with Gasteiger partial charge in [-0.2, -0.15) is 0 Å². The number of nitrogens with zero attached hydrogens (tertiary/aromatic N) is 4. The Morgan fingerprint density at radius 2 is 1.55 bits per heavy atom. The third-order valence-corrected chi connectivity index (χ3v) is 7.35. The van der Waals surface area contributed by atoms with E-state index in [0.717, 1.165) is 16.9 Å². The van der Waals surface area contributed by atoms with Gasteiger partial charge in [-0.05, 0) is 56.2 Å². The minimum Gasteiger partial charge on any atom is -0.466 e. The summed E-state index contributed by atoms with van der Waals surface area (Å²) in [5, 5.41) is 0. The van der Waals surface area contributed by atoms with E-state index in [2.05, 4.69) is 9.80 Å². The Bertz CT molecular complexity index is 1250. The number of carbonyl (C=O) groups is 2. The van der Waals surface area contributed by atoms with E-state index in [9.17, 15) is 14.0 Å². The number of rotatable bonds is 6. The van der Waals surface area contributed by atoms with Crippen LogP contribution in [-0.4, -0.2) is 67.6 Å². The molecule has 0 bridgehead atoms. The molecule has 2 aliphatic heterocycles. The van der Waals surface area contributed by atoms with E-state index in [1.165, 1.54) is 12.1 Å². The van der Waals surface area contributed by atoms with E-state index in [1.54, 1.807) is 12.1 Å². The number of esters is 1. The minimum absolute atomic E-state index is 0.0432. The van der Waals surface area contributed by atoms with Crippen LogP contribution in [0.3, 0.4) is 0 Å². The average molecular weight is 517 g/mol. The monoisotopic (exact) mass is 516 g/mol. The van der Waals surface area contributed by atoms with Gasteiger partial charge in [0.05, 0.1) is 23.8 Å². The van der Waals surface area contributed by atoms with Gasteiger partial charge in [0.25, 0.3) is 5.91 Å². The van der Waals surface area contributed by atoms with Gasteiger partial charge in [0.15, 0.2) is 0 Å². The summed E-state index contributed by atoms with van der Waals surface area (Å²) < 4.78 is 18.6. The lowest BCUT2D eigenvalue weighted by Gasteiger charge is -2.37. The molecule has 1 amide bonds. The van der Waals surface area contributed by atoms with E-state index in [1.807, 2.05) is 54.3 Å². The summed E-state index contributed by atoms with van der Waals surface area (Å²) in [5.41, 5.74) is 3.33. The number of halogens is 1. The lowest BCUT2D eigenvalue weighted by molar-refractivity contribution is -0.148. The highest BCUT2D eigenvalue weighted by atomic mass is 19.1. The van der Waals surface area contributed by atoms with Crippen LogP contribution in [0.2, 0.25) is 0 Å². The zero-order valence-electron chi connectivity index (χ0n) is 21.7. The number of benzene rings is 2. The Balaban J connectivity index is 1.35. The molecule has 0 aliphatic carbocycles. The molecule has 2 saturated heterocycles. The second-order valence-electron chi connectivity index (χ2n) is 9.70. The van der Waals surface area contributed by atoms with Crippen molar-refractivity contribution in [3.63, 3.8) is 0 Å². The molecule has 0 unspecified atom stereocenters. The fraction of sp³-hybridized carbons (Fsp3) is 0.367. The van der Waals surface area contributed by atoms with E-state index < -0.39 is 0 Å². The standard InChI is InChI=1S/C30H33FN4O3/c1-2-38-30(37)23-14-16-34(17-15-23)28-26(12-13-27(32-28)22-6-4-3-5-7-22)29(36)35-20-18-33(19-21-35)25-10-8-24(31)9-11-25/h3-13,23H,2,14-21H2,1H3. The Morgan fingerprint density at radius 3 is 2.21 bits per heavy atom. The molecule has 38 heavy (non-hydrogen) atoms. The van der Waals surface area contributed by atoms with Crippen LogP contribution in [0.15, 0.2) is 66.7 Å². The van der Waals surface area contributed by atoms with Gasteiger partial charge in [-0.25, -0.2) is 9.37 Å². The Labute approximate surface area is 222 Å². The van der Waals surface area contributed by atoms with E-state index in [-0.39, 0.29) is 23.6 Å². The lowest BCUT2D eigenvalue weighted by Crippen LogP contribution is -2.49. The second-order valence-corrected chi connectivity index (χ2v) is 9.70. The van der Waals surface area contributed by atoms with Crippen molar-refractivity contribution in [3.05, 3.63) is 78.1 Å². The summed E-state index contributed by atoms with van der Waals surface area (Å²) in [4.78, 5) is 37.2. The first-order valence-electron chi connectivity index (χ1n) is 13.3. The number of aromatic nitrogens is 1. The molecular weight excluding hydrogens is 483 g/mol. The first-order chi connectivity index (χ1) is 18.5. The van der Waals surface area contributed by atoms with Crippen molar-refractivity contribution in [1.82, 2.24) is 9.88 Å². The number of pyridine rings is 1. The molecule has 5 rings (SSSR count). The number of hydrogen-bond donors (Lipinski definition) is 0. The molecule has 198 valence electrons. The molecule has 2 aliphatic rings. The molecule has 8 heteroatoms. The van der Waals surface area contributed by atoms with Crippen molar-refractivity contribution in [2.24, 2.45) is 5.92 Å². The summed E-state index contributed by atoms with van der Waals surface area (Å²) in [7, 11) is 0. The maximum atomic E-state index is 13.8. The normalized spacial score (nSPS) is 16.4. The number of anilines is 2. The van der Waals surface area contributed by atoms with E-state index in [0.29, 0.717) is 70.1 Å². The summed E-state index contributed by atoms with van der Waals surface area (Å²) in [6.45, 7) is 5.96. The third kappa shape index (κ3) is 5.64. The predicted molar refractivity (Wildman–Crippen MR) is 146 cm³/mol. The number of hydrogen-bond acceptors (Lipinski definition) is 6. The third-order valence-electron chi connectivity index (χ3n) is 7.35. The van der Waals surface area contributed by atoms with Crippen molar-refractivity contribution in [2.45, 2.75) is 19.8 Å². The molecule has 7 nitrogen and oxygen atoms in total. The Kier molecular flexibility index (Phi) is 7.86. The van der Waals surface area contributed by atoms with Gasteiger partial charge in [0, 0.05) is 50.5 Å². The molecule has 3 aromatic rings. The zero-order chi connectivity index (χ0) is 26.5. The van der Waals surface area contributed by atoms with Crippen molar-refractivity contribution < 1.29 is 18.7 Å². The van der Waals surface area contributed by atoms with Gasteiger partial charge in [-0.3, -0.25) is 9.59 Å². The summed E-state index contributed by atoms with van der Waals surface area (Å²) in [5.74, 6) is 0.0986. The summed E-state index contributed by atoms with van der Waals surface area (Å²) >= 11 is 0. The van der Waals surface area contributed by atoms with Crippen molar-refractivity contribution in [2.75, 3.05) is 55.7 Å². The molecular formula is C30H33FN4O3. The highest BCUT2D eigenvalue weighted by Crippen LogP contribution is 2.30. The minimum atomic E-state index is -0.257. The van der Waals surface area contributed by atoms with Crippen LogP contribution >= 0.6 is 0 Å². The topological polar surface area (TPSA) is 66.0 Å². The molecule has 0 saturated carbocycles. The molecule has 0 N–H and O–H groups in total. The maximum Gasteiger partial charge on any atom is 0.309 e. The summed E-state index contributed by atoms with van der Waals surface area (Å²) in [6, 6.07) is 20.2.